The first-order chi connectivity index (χ1) is 7.22. The molecule has 0 amide bonds. The van der Waals surface area contributed by atoms with Crippen LogP contribution in [0.15, 0.2) is 0 Å². The summed E-state index contributed by atoms with van der Waals surface area (Å²) in [4.78, 5) is 0. The number of hydrogen-bond acceptors (Lipinski definition) is 2. The van der Waals surface area contributed by atoms with Crippen LogP contribution in [0.3, 0.4) is 0 Å². The Morgan fingerprint density at radius 2 is 0.882 bits per heavy atom. The first kappa shape index (κ1) is 16.3. The van der Waals surface area contributed by atoms with E-state index in [1.165, 1.54) is 0 Å². The summed E-state index contributed by atoms with van der Waals surface area (Å²) in [6.07, 6.45) is 0. The van der Waals surface area contributed by atoms with Gasteiger partial charge < -0.3 is 0 Å². The third kappa shape index (κ3) is 2.75. The van der Waals surface area contributed by atoms with Crippen molar-refractivity contribution < 1.29 is 0 Å². The molecular weight excluding hydrogens is 436 g/mol. The summed E-state index contributed by atoms with van der Waals surface area (Å²) in [5, 5.41) is 0. The van der Waals surface area contributed by atoms with Crippen LogP contribution in [0.25, 0.3) is 0 Å². The van der Waals surface area contributed by atoms with Crippen LogP contribution in [0.5, 0.6) is 0 Å². The van der Waals surface area contributed by atoms with Gasteiger partial charge in [0.05, 0.1) is 0 Å². The van der Waals surface area contributed by atoms with Gasteiger partial charge in [-0.2, -0.15) is 0 Å². The van der Waals surface area contributed by atoms with Gasteiger partial charge in [-0.1, -0.05) is 0 Å². The van der Waals surface area contributed by atoms with Crippen molar-refractivity contribution in [3.8, 4) is 0 Å². The van der Waals surface area contributed by atoms with Crippen molar-refractivity contribution in [2.75, 3.05) is 0 Å². The Balaban J connectivity index is 3.21. The molecule has 0 unspecified atom stereocenters. The normalized spacial score (nSPS) is 26.5. The fourth-order valence-electron chi connectivity index (χ4n) is 2.87. The molecule has 0 bridgehead atoms. The average molecular weight is 466 g/mol. The van der Waals surface area contributed by atoms with Gasteiger partial charge in [0.15, 0.2) is 0 Å². The Bertz CT molecular complexity index is 273. The molecule has 0 spiro atoms. The molecule has 2 radical (unpaired) electrons. The van der Waals surface area contributed by atoms with Crippen molar-refractivity contribution in [3.05, 3.63) is 0 Å². The summed E-state index contributed by atoms with van der Waals surface area (Å²) in [5.74, 6) is 0. The molecule has 0 aromatic rings. The molecule has 0 aromatic carbocycles. The van der Waals surface area contributed by atoms with Crippen LogP contribution in [0.4, 0.5) is 0 Å². The SMILES string of the molecule is CC(C)(C)[N]1[Pb][N](C(C)(C)C)[Si](C)(C)[Si]1(C)C. The van der Waals surface area contributed by atoms with E-state index in [-0.39, 0.29) is 0 Å². The molecule has 100 valence electrons. The molecule has 0 aliphatic carbocycles. The molecule has 1 aliphatic heterocycles. The topological polar surface area (TPSA) is 6.48 Å². The summed E-state index contributed by atoms with van der Waals surface area (Å²) in [6, 6.07) is 0. The van der Waals surface area contributed by atoms with Gasteiger partial charge in [0.2, 0.25) is 0 Å². The van der Waals surface area contributed by atoms with E-state index in [1.807, 2.05) is 0 Å². The molecule has 1 rings (SSSR count). The van der Waals surface area contributed by atoms with Crippen molar-refractivity contribution in [2.24, 2.45) is 0 Å². The van der Waals surface area contributed by atoms with Crippen LogP contribution < -0.4 is 0 Å². The fraction of sp³-hybridized carbons (Fsp3) is 1.00. The molecule has 0 saturated carbocycles. The van der Waals surface area contributed by atoms with Crippen LogP contribution in [-0.2, 0) is 0 Å². The van der Waals surface area contributed by atoms with Crippen LogP contribution in [0, 0.1) is 0 Å². The van der Waals surface area contributed by atoms with E-state index < -0.39 is 40.3 Å². The van der Waals surface area contributed by atoms with Gasteiger partial charge in [0.25, 0.3) is 0 Å². The van der Waals surface area contributed by atoms with E-state index in [0.717, 1.165) is 0 Å². The molecule has 1 heterocycles. The van der Waals surface area contributed by atoms with Gasteiger partial charge >= 0.3 is 124 Å². The quantitative estimate of drug-likeness (QED) is 0.507. The van der Waals surface area contributed by atoms with Gasteiger partial charge in [-0.25, -0.2) is 0 Å². The van der Waals surface area contributed by atoms with Gasteiger partial charge in [-0.05, 0) is 0 Å². The maximum absolute atomic E-state index is 3.03. The molecule has 17 heavy (non-hydrogen) atoms. The Morgan fingerprint density at radius 1 is 0.647 bits per heavy atom. The number of rotatable bonds is 0. The summed E-state index contributed by atoms with van der Waals surface area (Å²) in [7, 11) is -2.44. The van der Waals surface area contributed by atoms with E-state index in [9.17, 15) is 0 Å². The maximum atomic E-state index is 3.03. The molecule has 1 saturated heterocycles. The van der Waals surface area contributed by atoms with Gasteiger partial charge in [0.1, 0.15) is 0 Å². The van der Waals surface area contributed by atoms with Crippen LogP contribution in [-0.4, -0.2) is 56.2 Å². The Morgan fingerprint density at radius 3 is 1.00 bits per heavy atom. The molecular formula is C12H30N2PbSi2. The predicted octanol–water partition coefficient (Wildman–Crippen LogP) is 3.22. The summed E-state index contributed by atoms with van der Waals surface area (Å²) < 4.78 is 6.05. The van der Waals surface area contributed by atoms with Gasteiger partial charge in [-0.15, -0.1) is 0 Å². The fourth-order valence-corrected chi connectivity index (χ4v) is 46.5. The molecule has 5 heteroatoms. The van der Waals surface area contributed by atoms with Crippen LogP contribution in [0.1, 0.15) is 41.5 Å². The summed E-state index contributed by atoms with van der Waals surface area (Å²) in [5.41, 5.74) is 0.784. The number of hydrogen-bond donors (Lipinski definition) is 0. The molecule has 0 N–H and O–H groups in total. The second kappa shape index (κ2) is 4.39. The van der Waals surface area contributed by atoms with Crippen molar-refractivity contribution in [1.82, 2.24) is 4.75 Å². The average Bonchev–Trinajstić information content (AvgIpc) is 2.15. The molecule has 2 nitrogen and oxygen atoms in total. The Labute approximate surface area is 123 Å². The minimum atomic E-state index is -1.22. The van der Waals surface area contributed by atoms with E-state index in [1.54, 1.807) is 0 Å². The standard InChI is InChI=1S/C12H30N2Si2.Pb/c1-11(2,3)13-15(7,8)16(9,10)14-12(4,5)6;/h1-10H3;/q-2;+2. The first-order valence-corrected chi connectivity index (χ1v) is 17.0. The van der Waals surface area contributed by atoms with Crippen LogP contribution >= 0.6 is 0 Å². The third-order valence-electron chi connectivity index (χ3n) is 4.16. The second-order valence-corrected chi connectivity index (χ2v) is 30.4. The molecule has 1 fully saturated rings. The zero-order valence-corrected chi connectivity index (χ0v) is 19.3. The first-order valence-electron chi connectivity index (χ1n) is 6.59. The molecule has 0 atom stereocenters. The van der Waals surface area contributed by atoms with Crippen molar-refractivity contribution in [3.63, 3.8) is 0 Å². The summed E-state index contributed by atoms with van der Waals surface area (Å²) >= 11 is -0.826. The summed E-state index contributed by atoms with van der Waals surface area (Å²) in [6.45, 7) is 25.0. The third-order valence-corrected chi connectivity index (χ3v) is 47.8. The monoisotopic (exact) mass is 466 g/mol. The van der Waals surface area contributed by atoms with E-state index in [2.05, 4.69) is 72.5 Å². The van der Waals surface area contributed by atoms with E-state index >= 15 is 0 Å². The van der Waals surface area contributed by atoms with Crippen LogP contribution in [0.2, 0.25) is 26.2 Å². The Kier molecular flexibility index (Phi) is 4.22. The van der Waals surface area contributed by atoms with Crippen molar-refractivity contribution in [1.29, 1.82) is 0 Å². The minimum absolute atomic E-state index is 0.392. The van der Waals surface area contributed by atoms with E-state index in [4.69, 9.17) is 0 Å². The van der Waals surface area contributed by atoms with Crippen molar-refractivity contribution >= 4 is 40.3 Å². The second-order valence-electron chi connectivity index (χ2n) is 8.23. The Hall–Kier alpha value is 1.28. The zero-order chi connectivity index (χ0) is 13.9. The van der Waals surface area contributed by atoms with E-state index in [0.29, 0.717) is 11.1 Å². The molecule has 1 aliphatic rings. The van der Waals surface area contributed by atoms with Gasteiger partial charge in [0, 0.05) is 0 Å². The van der Waals surface area contributed by atoms with Gasteiger partial charge in [-0.3, -0.25) is 0 Å². The zero-order valence-electron chi connectivity index (χ0n) is 13.4. The van der Waals surface area contributed by atoms with Crippen molar-refractivity contribution in [2.45, 2.75) is 78.8 Å². The molecule has 0 aromatic heterocycles. The predicted molar refractivity (Wildman–Crippen MR) is 83.9 cm³/mol. The number of nitrogens with zero attached hydrogens (tertiary/aromatic N) is 2.